The Hall–Kier alpha value is -2.81. The van der Waals surface area contributed by atoms with Crippen LogP contribution in [0.2, 0.25) is 0 Å². The second kappa shape index (κ2) is 6.98. The number of amides is 1. The van der Waals surface area contributed by atoms with Gasteiger partial charge in [0.15, 0.2) is 0 Å². The number of hydrogen-bond acceptors (Lipinski definition) is 5. The Bertz CT molecular complexity index is 782. The monoisotopic (exact) mass is 347 g/mol. The molecule has 1 aliphatic rings. The maximum atomic E-state index is 12.9. The zero-order valence-corrected chi connectivity index (χ0v) is 13.8. The second-order valence-corrected chi connectivity index (χ2v) is 5.95. The van der Waals surface area contributed by atoms with Crippen LogP contribution < -0.4 is 0 Å². The van der Waals surface area contributed by atoms with Crippen LogP contribution in [0, 0.1) is 15.9 Å². The van der Waals surface area contributed by atoms with Gasteiger partial charge < -0.3 is 4.90 Å². The number of carbonyl (C=O) groups is 1. The molecule has 0 saturated carbocycles. The lowest BCUT2D eigenvalue weighted by Crippen LogP contribution is -2.48. The summed E-state index contributed by atoms with van der Waals surface area (Å²) in [6.07, 6.45) is 1.10. The van der Waals surface area contributed by atoms with Crippen LogP contribution in [0.4, 0.5) is 10.1 Å². The quantitative estimate of drug-likeness (QED) is 0.617. The molecule has 1 aromatic carbocycles. The number of aryl methyl sites for hydroxylation is 1. The third-order valence-electron chi connectivity index (χ3n) is 4.30. The van der Waals surface area contributed by atoms with E-state index >= 15 is 0 Å². The Morgan fingerprint density at radius 1 is 1.24 bits per heavy atom. The number of rotatable bonds is 4. The molecule has 2 heterocycles. The lowest BCUT2D eigenvalue weighted by Gasteiger charge is -2.34. The Morgan fingerprint density at radius 3 is 2.48 bits per heavy atom. The second-order valence-electron chi connectivity index (χ2n) is 5.95. The van der Waals surface area contributed by atoms with E-state index in [0.29, 0.717) is 32.7 Å². The lowest BCUT2D eigenvalue weighted by atomic mass is 10.2. The maximum Gasteiger partial charge on any atom is 0.320 e. The van der Waals surface area contributed by atoms with Gasteiger partial charge in [-0.3, -0.25) is 24.5 Å². The molecule has 0 aliphatic carbocycles. The van der Waals surface area contributed by atoms with Crippen LogP contribution in [0.3, 0.4) is 0 Å². The van der Waals surface area contributed by atoms with Crippen LogP contribution in [-0.2, 0) is 13.6 Å². The Labute approximate surface area is 143 Å². The van der Waals surface area contributed by atoms with Crippen LogP contribution in [0.1, 0.15) is 16.1 Å². The van der Waals surface area contributed by atoms with Crippen LogP contribution in [-0.4, -0.2) is 56.6 Å². The number of halogens is 1. The average molecular weight is 347 g/mol. The van der Waals surface area contributed by atoms with Gasteiger partial charge in [0.2, 0.25) is 5.69 Å². The average Bonchev–Trinajstić information content (AvgIpc) is 2.99. The highest BCUT2D eigenvalue weighted by atomic mass is 19.1. The standard InChI is InChI=1S/C16H18FN5O3/c1-19-15(14(10-18-19)22(24)25)16(23)21-8-6-20(7-9-21)11-12-2-4-13(17)5-3-12/h2-5,10H,6-9,11H2,1H3. The molecule has 1 aliphatic heterocycles. The van der Waals surface area contributed by atoms with Crippen molar-refractivity contribution in [1.82, 2.24) is 19.6 Å². The van der Waals surface area contributed by atoms with Crippen molar-refractivity contribution in [3.63, 3.8) is 0 Å². The van der Waals surface area contributed by atoms with E-state index in [1.54, 1.807) is 17.0 Å². The van der Waals surface area contributed by atoms with E-state index in [1.165, 1.54) is 23.9 Å². The summed E-state index contributed by atoms with van der Waals surface area (Å²) in [5, 5.41) is 14.9. The van der Waals surface area contributed by atoms with Crippen LogP contribution in [0.25, 0.3) is 0 Å². The van der Waals surface area contributed by atoms with Gasteiger partial charge >= 0.3 is 5.69 Å². The molecule has 0 spiro atoms. The highest BCUT2D eigenvalue weighted by Gasteiger charge is 2.31. The van der Waals surface area contributed by atoms with Crippen molar-refractivity contribution in [3.05, 3.63) is 57.7 Å². The first kappa shape index (κ1) is 17.0. The molecule has 0 radical (unpaired) electrons. The Balaban J connectivity index is 1.62. The summed E-state index contributed by atoms with van der Waals surface area (Å²) in [5.41, 5.74) is 0.724. The normalized spacial score (nSPS) is 15.4. The highest BCUT2D eigenvalue weighted by Crippen LogP contribution is 2.20. The number of nitrogens with zero attached hydrogens (tertiary/aromatic N) is 5. The summed E-state index contributed by atoms with van der Waals surface area (Å²) >= 11 is 0. The summed E-state index contributed by atoms with van der Waals surface area (Å²) in [5.74, 6) is -0.648. The first-order valence-corrected chi connectivity index (χ1v) is 7.88. The van der Waals surface area contributed by atoms with Crippen molar-refractivity contribution in [2.24, 2.45) is 7.05 Å². The summed E-state index contributed by atoms with van der Waals surface area (Å²) in [7, 11) is 1.52. The number of hydrogen-bond donors (Lipinski definition) is 0. The number of benzene rings is 1. The minimum absolute atomic E-state index is 0.00279. The van der Waals surface area contributed by atoms with Gasteiger partial charge in [0.05, 0.1) is 4.92 Å². The van der Waals surface area contributed by atoms with Gasteiger partial charge in [0, 0.05) is 39.8 Å². The topological polar surface area (TPSA) is 84.5 Å². The van der Waals surface area contributed by atoms with Crippen LogP contribution in [0.5, 0.6) is 0 Å². The fraction of sp³-hybridized carbons (Fsp3) is 0.375. The Morgan fingerprint density at radius 2 is 1.88 bits per heavy atom. The van der Waals surface area contributed by atoms with Crippen molar-refractivity contribution in [2.45, 2.75) is 6.54 Å². The molecule has 1 amide bonds. The molecule has 3 rings (SSSR count). The van der Waals surface area contributed by atoms with E-state index < -0.39 is 4.92 Å². The minimum atomic E-state index is -0.592. The van der Waals surface area contributed by atoms with E-state index in [9.17, 15) is 19.3 Å². The van der Waals surface area contributed by atoms with E-state index in [4.69, 9.17) is 0 Å². The summed E-state index contributed by atoms with van der Waals surface area (Å²) in [6.45, 7) is 2.92. The molecule has 8 nitrogen and oxygen atoms in total. The third-order valence-corrected chi connectivity index (χ3v) is 4.30. The molecule has 132 valence electrons. The summed E-state index contributed by atoms with van der Waals surface area (Å²) in [6, 6.07) is 6.34. The van der Waals surface area contributed by atoms with Gasteiger partial charge in [-0.1, -0.05) is 12.1 Å². The van der Waals surface area contributed by atoms with Crippen molar-refractivity contribution in [2.75, 3.05) is 26.2 Å². The highest BCUT2D eigenvalue weighted by molar-refractivity contribution is 5.96. The smallest absolute Gasteiger partial charge is 0.320 e. The summed E-state index contributed by atoms with van der Waals surface area (Å²) < 4.78 is 14.2. The number of aromatic nitrogens is 2. The molecule has 9 heteroatoms. The molecule has 2 aromatic rings. The zero-order chi connectivity index (χ0) is 18.0. The van der Waals surface area contributed by atoms with Gasteiger partial charge in [-0.05, 0) is 17.7 Å². The molecule has 25 heavy (non-hydrogen) atoms. The van der Waals surface area contributed by atoms with Crippen molar-refractivity contribution in [1.29, 1.82) is 0 Å². The van der Waals surface area contributed by atoms with Crippen LogP contribution >= 0.6 is 0 Å². The maximum absolute atomic E-state index is 12.9. The molecular formula is C16H18FN5O3. The number of piperazine rings is 1. The molecule has 0 unspecified atom stereocenters. The van der Waals surface area contributed by atoms with E-state index in [1.807, 2.05) is 0 Å². The molecule has 1 saturated heterocycles. The number of carbonyl (C=O) groups excluding carboxylic acids is 1. The van der Waals surface area contributed by atoms with E-state index in [2.05, 4.69) is 10.00 Å². The fourth-order valence-electron chi connectivity index (χ4n) is 2.91. The van der Waals surface area contributed by atoms with Gasteiger partial charge in [-0.25, -0.2) is 4.39 Å². The number of nitro groups is 1. The van der Waals surface area contributed by atoms with Crippen LogP contribution in [0.15, 0.2) is 30.5 Å². The first-order chi connectivity index (χ1) is 12.0. The fourth-order valence-corrected chi connectivity index (χ4v) is 2.91. The molecule has 0 atom stereocenters. The first-order valence-electron chi connectivity index (χ1n) is 7.88. The van der Waals surface area contributed by atoms with Gasteiger partial charge in [-0.15, -0.1) is 0 Å². The predicted molar refractivity (Wildman–Crippen MR) is 87.4 cm³/mol. The molecule has 0 bridgehead atoms. The molecule has 0 N–H and O–H groups in total. The Kier molecular flexibility index (Phi) is 4.75. The SMILES string of the molecule is Cn1ncc([N+](=O)[O-])c1C(=O)N1CCN(Cc2ccc(F)cc2)CC1. The largest absolute Gasteiger partial charge is 0.335 e. The minimum Gasteiger partial charge on any atom is -0.335 e. The third kappa shape index (κ3) is 3.66. The van der Waals surface area contributed by atoms with Crippen molar-refractivity contribution >= 4 is 11.6 Å². The van der Waals surface area contributed by atoms with Crippen molar-refractivity contribution < 1.29 is 14.1 Å². The molecular weight excluding hydrogens is 329 g/mol. The van der Waals surface area contributed by atoms with Gasteiger partial charge in [-0.2, -0.15) is 5.10 Å². The molecule has 1 aromatic heterocycles. The predicted octanol–water partition coefficient (Wildman–Crippen LogP) is 1.43. The van der Waals surface area contributed by atoms with Gasteiger partial charge in [0.1, 0.15) is 12.0 Å². The molecule has 1 fully saturated rings. The lowest BCUT2D eigenvalue weighted by molar-refractivity contribution is -0.385. The van der Waals surface area contributed by atoms with Crippen molar-refractivity contribution in [3.8, 4) is 0 Å². The van der Waals surface area contributed by atoms with E-state index in [-0.39, 0.29) is 23.1 Å². The summed E-state index contributed by atoms with van der Waals surface area (Å²) in [4.78, 5) is 26.8. The van der Waals surface area contributed by atoms with Gasteiger partial charge in [0.25, 0.3) is 5.91 Å². The zero-order valence-electron chi connectivity index (χ0n) is 13.8. The van der Waals surface area contributed by atoms with E-state index in [0.717, 1.165) is 11.8 Å².